The summed E-state index contributed by atoms with van der Waals surface area (Å²) in [6, 6.07) is 0. The largest absolute Gasteiger partial charge is 0.790 e. The van der Waals surface area contributed by atoms with Crippen LogP contribution in [-0.4, -0.2) is 60.1 Å². The minimum atomic E-state index is -5.24. The Bertz CT molecular complexity index is 1050. The van der Waals surface area contributed by atoms with Crippen LogP contribution in [0.2, 0.25) is 0 Å². The zero-order valence-electron chi connectivity index (χ0n) is 18.9. The molecular weight excluding hydrogens is 455 g/mol. The molecule has 3 saturated heterocycles. The number of hydrogen-bond acceptors (Lipinski definition) is 10. The molecule has 1 unspecified atom stereocenters. The lowest BCUT2D eigenvalue weighted by Crippen LogP contribution is -2.70. The van der Waals surface area contributed by atoms with Gasteiger partial charge in [0.25, 0.3) is 0 Å². The summed E-state index contributed by atoms with van der Waals surface area (Å²) in [6.45, 7) is 7.99. The lowest BCUT2D eigenvalue weighted by Gasteiger charge is -2.54. The van der Waals surface area contributed by atoms with Crippen molar-refractivity contribution >= 4 is 13.8 Å². The van der Waals surface area contributed by atoms with Crippen LogP contribution < -0.4 is 9.79 Å². The van der Waals surface area contributed by atoms with E-state index in [1.807, 2.05) is 13.8 Å². The highest BCUT2D eigenvalue weighted by Crippen LogP contribution is 2.83. The van der Waals surface area contributed by atoms with E-state index < -0.39 is 37.0 Å². The summed E-state index contributed by atoms with van der Waals surface area (Å²) in [5.41, 5.74) is -0.681. The average Bonchev–Trinajstić information content (AvgIpc) is 3.59. The molecule has 0 amide bonds. The zero-order valence-corrected chi connectivity index (χ0v) is 19.8. The molecule has 7 aliphatic rings. The van der Waals surface area contributed by atoms with Crippen molar-refractivity contribution in [2.24, 2.45) is 17.3 Å². The molecule has 33 heavy (non-hydrogen) atoms. The molecule has 10 nitrogen and oxygen atoms in total. The molecule has 182 valence electrons. The zero-order chi connectivity index (χ0) is 23.3. The molecule has 11 heteroatoms. The molecule has 5 fully saturated rings. The first-order chi connectivity index (χ1) is 15.4. The third kappa shape index (κ3) is 2.26. The number of phosphoric acid groups is 1. The Balaban J connectivity index is 1.31. The van der Waals surface area contributed by atoms with Gasteiger partial charge in [-0.1, -0.05) is 20.8 Å². The molecule has 0 N–H and O–H groups in total. The van der Waals surface area contributed by atoms with Crippen LogP contribution in [0.3, 0.4) is 0 Å². The van der Waals surface area contributed by atoms with Crippen LogP contribution in [-0.2, 0) is 37.6 Å². The summed E-state index contributed by atoms with van der Waals surface area (Å²) in [5, 5.41) is 0. The van der Waals surface area contributed by atoms with Crippen LogP contribution in [0.25, 0.3) is 0 Å². The molecule has 0 aromatic rings. The Kier molecular flexibility index (Phi) is 3.85. The number of hydrogen-bond donors (Lipinski definition) is 0. The second-order valence-electron chi connectivity index (χ2n) is 11.1. The second kappa shape index (κ2) is 5.93. The number of fused-ring (bicyclic) bond motifs is 4. The lowest BCUT2D eigenvalue weighted by atomic mass is 9.46. The summed E-state index contributed by atoms with van der Waals surface area (Å²) in [4.78, 5) is 34.7. The van der Waals surface area contributed by atoms with Crippen molar-refractivity contribution < 1.29 is 47.4 Å². The van der Waals surface area contributed by atoms with Crippen LogP contribution in [0.4, 0.5) is 0 Å². The minimum Gasteiger partial charge on any atom is -0.790 e. The van der Waals surface area contributed by atoms with E-state index in [1.165, 1.54) is 6.92 Å². The van der Waals surface area contributed by atoms with Gasteiger partial charge in [0.05, 0.1) is 13.9 Å². The van der Waals surface area contributed by atoms with E-state index in [9.17, 15) is 19.1 Å². The summed E-state index contributed by atoms with van der Waals surface area (Å²) in [7, 11) is -5.24. The van der Waals surface area contributed by atoms with Crippen LogP contribution in [0.1, 0.15) is 47.0 Å². The van der Waals surface area contributed by atoms with Crippen molar-refractivity contribution in [2.45, 2.75) is 94.5 Å². The van der Waals surface area contributed by atoms with Crippen molar-refractivity contribution in [1.29, 1.82) is 0 Å². The van der Waals surface area contributed by atoms with Gasteiger partial charge >= 0.3 is 5.97 Å². The first-order valence-electron chi connectivity index (χ1n) is 11.7. The molecule has 2 spiro atoms. The van der Waals surface area contributed by atoms with Gasteiger partial charge in [-0.2, -0.15) is 0 Å². The first kappa shape index (κ1) is 21.4. The van der Waals surface area contributed by atoms with E-state index in [4.69, 9.17) is 23.7 Å². The van der Waals surface area contributed by atoms with Gasteiger partial charge in [-0.05, 0) is 43.6 Å². The van der Waals surface area contributed by atoms with Crippen LogP contribution >= 0.6 is 7.82 Å². The summed E-state index contributed by atoms with van der Waals surface area (Å²) < 4.78 is 46.9. The standard InChI is InChI=1S/C22H29O10P/c1-9(2)20-15(30-20)16-22(31-16)19(4)6-5-11-12(8-27-17(11)23)13(19)7-14-21(22,29-14)18(20)28-10(3)32-33(24,25)26/h9-10,13-16,18H,5-8H2,1-4H3,(H2,24,25,26)/p-2/t10?,13-,14-,15-,16-,18+,19-,20-,21+,22+/m0/s1. The van der Waals surface area contributed by atoms with E-state index in [0.717, 1.165) is 17.6 Å². The Labute approximate surface area is 191 Å². The summed E-state index contributed by atoms with van der Waals surface area (Å²) in [5.74, 6) is -0.0906. The topological polar surface area (TPSA) is 146 Å². The number of epoxide rings is 3. The van der Waals surface area contributed by atoms with Gasteiger partial charge < -0.3 is 42.6 Å². The molecule has 0 aromatic heterocycles. The van der Waals surface area contributed by atoms with Crippen LogP contribution in [0, 0.1) is 17.3 Å². The fourth-order valence-corrected chi connectivity index (χ4v) is 8.68. The Morgan fingerprint density at radius 2 is 1.91 bits per heavy atom. The molecule has 2 saturated carbocycles. The van der Waals surface area contributed by atoms with E-state index in [-0.39, 0.29) is 41.5 Å². The van der Waals surface area contributed by atoms with E-state index in [1.54, 1.807) is 0 Å². The predicted octanol–water partition coefficient (Wildman–Crippen LogP) is 0.319. The maximum Gasteiger partial charge on any atom is 0.334 e. The second-order valence-corrected chi connectivity index (χ2v) is 12.2. The van der Waals surface area contributed by atoms with E-state index in [2.05, 4.69) is 11.4 Å². The van der Waals surface area contributed by atoms with Gasteiger partial charge in [0.15, 0.2) is 11.9 Å². The molecule has 7 rings (SSSR count). The minimum absolute atomic E-state index is 0.0412. The van der Waals surface area contributed by atoms with Crippen molar-refractivity contribution in [2.75, 3.05) is 6.61 Å². The maximum atomic E-state index is 12.2. The highest BCUT2D eigenvalue weighted by molar-refractivity contribution is 7.43. The molecular formula is C22H27O10P-2. The molecule has 0 aromatic carbocycles. The van der Waals surface area contributed by atoms with Crippen molar-refractivity contribution in [3.8, 4) is 0 Å². The third-order valence-corrected chi connectivity index (χ3v) is 10.2. The van der Waals surface area contributed by atoms with Gasteiger partial charge in [-0.3, -0.25) is 0 Å². The fourth-order valence-electron chi connectivity index (χ4n) is 8.27. The van der Waals surface area contributed by atoms with Crippen molar-refractivity contribution in [1.82, 2.24) is 0 Å². The van der Waals surface area contributed by atoms with Crippen molar-refractivity contribution in [3.63, 3.8) is 0 Å². The van der Waals surface area contributed by atoms with Crippen LogP contribution in [0.5, 0.6) is 0 Å². The van der Waals surface area contributed by atoms with Crippen LogP contribution in [0.15, 0.2) is 11.1 Å². The molecule has 4 heterocycles. The molecule has 10 atom stereocenters. The number of ether oxygens (including phenoxy) is 5. The highest BCUT2D eigenvalue weighted by atomic mass is 31.2. The molecule has 0 bridgehead atoms. The van der Waals surface area contributed by atoms with Gasteiger partial charge in [0.2, 0.25) is 0 Å². The Morgan fingerprint density at radius 3 is 2.61 bits per heavy atom. The normalized spacial score (nSPS) is 53.8. The molecule has 3 aliphatic carbocycles. The number of phosphoric ester groups is 1. The number of cyclic esters (lactones) is 1. The average molecular weight is 482 g/mol. The number of esters is 1. The molecule has 4 aliphatic heterocycles. The number of carbonyl (C=O) groups excluding carboxylic acids is 1. The quantitative estimate of drug-likeness (QED) is 0.232. The fraction of sp³-hybridized carbons (Fsp3) is 0.864. The SMILES string of the molecule is CC(O[C@@H]1[C@@]2(C(C)C)O[C@H]2[C@@H]2O[C@]23[C@]12O[C@H]2C[C@H]1C2=C(CC[C@@]13C)C(=O)OC2)OP(=O)([O-])[O-]. The summed E-state index contributed by atoms with van der Waals surface area (Å²) >= 11 is 0. The first-order valence-corrected chi connectivity index (χ1v) is 13.2. The van der Waals surface area contributed by atoms with Gasteiger partial charge in [-0.25, -0.2) is 4.79 Å². The Hall–Kier alpha value is -0.840. The lowest BCUT2D eigenvalue weighted by molar-refractivity contribution is -0.355. The molecule has 0 radical (unpaired) electrons. The Morgan fingerprint density at radius 1 is 1.15 bits per heavy atom. The summed E-state index contributed by atoms with van der Waals surface area (Å²) in [6.07, 6.45) is -0.461. The van der Waals surface area contributed by atoms with Gasteiger partial charge in [0, 0.05) is 11.0 Å². The van der Waals surface area contributed by atoms with E-state index >= 15 is 0 Å². The van der Waals surface area contributed by atoms with E-state index in [0.29, 0.717) is 19.4 Å². The van der Waals surface area contributed by atoms with Crippen molar-refractivity contribution in [3.05, 3.63) is 11.1 Å². The predicted molar refractivity (Wildman–Crippen MR) is 104 cm³/mol. The third-order valence-electron chi connectivity index (χ3n) is 9.67. The van der Waals surface area contributed by atoms with Gasteiger partial charge in [-0.15, -0.1) is 0 Å². The van der Waals surface area contributed by atoms with Gasteiger partial charge in [0.1, 0.15) is 36.1 Å². The number of carbonyl (C=O) groups is 1. The maximum absolute atomic E-state index is 12.2. The monoisotopic (exact) mass is 482 g/mol. The highest BCUT2D eigenvalue weighted by Gasteiger charge is 3.00. The number of rotatable bonds is 5. The smallest absolute Gasteiger partial charge is 0.334 e.